The van der Waals surface area contributed by atoms with E-state index in [4.69, 9.17) is 0 Å². The SMILES string of the molecule is CC(=O)Nc1cccc2c1CCN(CC(O)CN1CCC(C)CC1)C2. The molecule has 5 nitrogen and oxygen atoms in total. The van der Waals surface area contributed by atoms with E-state index in [1.807, 2.05) is 12.1 Å². The molecule has 0 bridgehead atoms. The van der Waals surface area contributed by atoms with Crippen LogP contribution in [0.2, 0.25) is 0 Å². The summed E-state index contributed by atoms with van der Waals surface area (Å²) in [5, 5.41) is 13.4. The summed E-state index contributed by atoms with van der Waals surface area (Å²) < 4.78 is 0. The van der Waals surface area contributed by atoms with E-state index in [2.05, 4.69) is 28.1 Å². The second-order valence-corrected chi connectivity index (χ2v) is 7.75. The first-order valence-electron chi connectivity index (χ1n) is 9.52. The Kier molecular flexibility index (Phi) is 6.10. The van der Waals surface area contributed by atoms with Crippen LogP contribution in [0.4, 0.5) is 5.69 Å². The van der Waals surface area contributed by atoms with Crippen LogP contribution in [0.1, 0.15) is 37.8 Å². The molecule has 1 unspecified atom stereocenters. The van der Waals surface area contributed by atoms with Gasteiger partial charge in [-0.1, -0.05) is 19.1 Å². The number of anilines is 1. The second-order valence-electron chi connectivity index (χ2n) is 7.75. The number of carbonyl (C=O) groups excluding carboxylic acids is 1. The van der Waals surface area contributed by atoms with Crippen molar-refractivity contribution < 1.29 is 9.90 Å². The molecule has 138 valence electrons. The third-order valence-electron chi connectivity index (χ3n) is 5.47. The smallest absolute Gasteiger partial charge is 0.221 e. The highest BCUT2D eigenvalue weighted by molar-refractivity contribution is 5.89. The molecule has 0 saturated carbocycles. The van der Waals surface area contributed by atoms with Gasteiger partial charge in [0.2, 0.25) is 5.91 Å². The lowest BCUT2D eigenvalue weighted by Crippen LogP contribution is -2.44. The van der Waals surface area contributed by atoms with Crippen LogP contribution in [0.5, 0.6) is 0 Å². The van der Waals surface area contributed by atoms with Gasteiger partial charge in [0.15, 0.2) is 0 Å². The first-order valence-corrected chi connectivity index (χ1v) is 9.52. The number of aliphatic hydroxyl groups excluding tert-OH is 1. The van der Waals surface area contributed by atoms with Crippen molar-refractivity contribution in [1.82, 2.24) is 9.80 Å². The standard InChI is InChI=1S/C20H31N3O2/c1-15-6-9-22(10-7-15)13-18(25)14-23-11-8-19-17(12-23)4-3-5-20(19)21-16(2)24/h3-5,15,18,25H,6-14H2,1-2H3,(H,21,24). The molecule has 5 heteroatoms. The maximum Gasteiger partial charge on any atom is 0.221 e. The minimum Gasteiger partial charge on any atom is -0.390 e. The fourth-order valence-electron chi connectivity index (χ4n) is 4.03. The summed E-state index contributed by atoms with van der Waals surface area (Å²) in [6, 6.07) is 6.10. The summed E-state index contributed by atoms with van der Waals surface area (Å²) >= 11 is 0. The van der Waals surface area contributed by atoms with Crippen molar-refractivity contribution in [1.29, 1.82) is 0 Å². The van der Waals surface area contributed by atoms with Crippen LogP contribution >= 0.6 is 0 Å². The molecule has 1 aromatic rings. The Bertz CT molecular complexity index is 597. The predicted molar refractivity (Wildman–Crippen MR) is 101 cm³/mol. The van der Waals surface area contributed by atoms with Gasteiger partial charge in [-0.25, -0.2) is 0 Å². The summed E-state index contributed by atoms with van der Waals surface area (Å²) in [4.78, 5) is 16.1. The summed E-state index contributed by atoms with van der Waals surface area (Å²) in [5.74, 6) is 0.798. The summed E-state index contributed by atoms with van der Waals surface area (Å²) in [6.45, 7) is 9.36. The fraction of sp³-hybridized carbons (Fsp3) is 0.650. The maximum absolute atomic E-state index is 11.4. The van der Waals surface area contributed by atoms with Gasteiger partial charge in [-0.2, -0.15) is 0 Å². The lowest BCUT2D eigenvalue weighted by Gasteiger charge is -2.35. The Labute approximate surface area is 151 Å². The Hall–Kier alpha value is -1.43. The average Bonchev–Trinajstić information content (AvgIpc) is 2.56. The molecule has 0 radical (unpaired) electrons. The van der Waals surface area contributed by atoms with Crippen LogP contribution in [0.15, 0.2) is 18.2 Å². The van der Waals surface area contributed by atoms with Crippen LogP contribution in [0.3, 0.4) is 0 Å². The van der Waals surface area contributed by atoms with E-state index >= 15 is 0 Å². The van der Waals surface area contributed by atoms with Crippen molar-refractivity contribution in [3.63, 3.8) is 0 Å². The monoisotopic (exact) mass is 345 g/mol. The number of carbonyl (C=O) groups is 1. The lowest BCUT2D eigenvalue weighted by molar-refractivity contribution is -0.114. The quantitative estimate of drug-likeness (QED) is 0.858. The van der Waals surface area contributed by atoms with Crippen LogP contribution in [0.25, 0.3) is 0 Å². The summed E-state index contributed by atoms with van der Waals surface area (Å²) in [6.07, 6.45) is 3.11. The largest absolute Gasteiger partial charge is 0.390 e. The van der Waals surface area contributed by atoms with Gasteiger partial charge in [0.05, 0.1) is 6.10 Å². The van der Waals surface area contributed by atoms with Crippen molar-refractivity contribution in [2.24, 2.45) is 5.92 Å². The number of nitrogens with one attached hydrogen (secondary N) is 1. The van der Waals surface area contributed by atoms with Crippen molar-refractivity contribution >= 4 is 11.6 Å². The van der Waals surface area contributed by atoms with Crippen molar-refractivity contribution in [3.05, 3.63) is 29.3 Å². The van der Waals surface area contributed by atoms with E-state index in [9.17, 15) is 9.90 Å². The number of nitrogens with zero attached hydrogens (tertiary/aromatic N) is 2. The highest BCUT2D eigenvalue weighted by Gasteiger charge is 2.23. The number of piperidine rings is 1. The third-order valence-corrected chi connectivity index (χ3v) is 5.47. The maximum atomic E-state index is 11.4. The van der Waals surface area contributed by atoms with Crippen molar-refractivity contribution in [3.8, 4) is 0 Å². The molecule has 1 saturated heterocycles. The highest BCUT2D eigenvalue weighted by atomic mass is 16.3. The zero-order valence-electron chi connectivity index (χ0n) is 15.5. The Morgan fingerprint density at radius 2 is 1.96 bits per heavy atom. The molecule has 25 heavy (non-hydrogen) atoms. The van der Waals surface area contributed by atoms with Gasteiger partial charge in [0.1, 0.15) is 0 Å². The molecule has 0 aromatic heterocycles. The molecular weight excluding hydrogens is 314 g/mol. The Morgan fingerprint density at radius 1 is 1.24 bits per heavy atom. The molecule has 0 spiro atoms. The van der Waals surface area contributed by atoms with Gasteiger partial charge in [0, 0.05) is 38.8 Å². The molecule has 1 fully saturated rings. The minimum atomic E-state index is -0.298. The highest BCUT2D eigenvalue weighted by Crippen LogP contribution is 2.26. The average molecular weight is 345 g/mol. The zero-order chi connectivity index (χ0) is 17.8. The van der Waals surface area contributed by atoms with Gasteiger partial charge in [-0.15, -0.1) is 0 Å². The van der Waals surface area contributed by atoms with E-state index < -0.39 is 0 Å². The van der Waals surface area contributed by atoms with E-state index in [1.165, 1.54) is 24.0 Å². The zero-order valence-corrected chi connectivity index (χ0v) is 15.5. The number of fused-ring (bicyclic) bond motifs is 1. The molecule has 1 atom stereocenters. The third kappa shape index (κ3) is 5.03. The number of rotatable bonds is 5. The van der Waals surface area contributed by atoms with E-state index in [1.54, 1.807) is 6.92 Å². The molecule has 2 heterocycles. The Morgan fingerprint density at radius 3 is 2.68 bits per heavy atom. The van der Waals surface area contributed by atoms with Crippen LogP contribution < -0.4 is 5.32 Å². The van der Waals surface area contributed by atoms with E-state index in [-0.39, 0.29) is 12.0 Å². The molecular formula is C20H31N3O2. The van der Waals surface area contributed by atoms with Crippen molar-refractivity contribution in [2.45, 2.75) is 45.8 Å². The minimum absolute atomic E-state index is 0.0258. The molecule has 0 aliphatic carbocycles. The first kappa shape index (κ1) is 18.4. The molecule has 2 aliphatic heterocycles. The number of aliphatic hydroxyl groups is 1. The van der Waals surface area contributed by atoms with Gasteiger partial charge >= 0.3 is 0 Å². The molecule has 2 N–H and O–H groups in total. The van der Waals surface area contributed by atoms with Crippen LogP contribution in [0, 0.1) is 5.92 Å². The van der Waals surface area contributed by atoms with E-state index in [0.29, 0.717) is 0 Å². The first-order chi connectivity index (χ1) is 12.0. The van der Waals surface area contributed by atoms with Gasteiger partial charge in [0.25, 0.3) is 0 Å². The number of hydrogen-bond acceptors (Lipinski definition) is 4. The number of hydrogen-bond donors (Lipinski definition) is 2. The normalized spacial score (nSPS) is 20.9. The van der Waals surface area contributed by atoms with Crippen LogP contribution in [-0.2, 0) is 17.8 Å². The summed E-state index contributed by atoms with van der Waals surface area (Å²) in [7, 11) is 0. The molecule has 2 aliphatic rings. The molecule has 1 aromatic carbocycles. The van der Waals surface area contributed by atoms with Gasteiger partial charge < -0.3 is 15.3 Å². The van der Waals surface area contributed by atoms with Crippen LogP contribution in [-0.4, -0.2) is 59.6 Å². The lowest BCUT2D eigenvalue weighted by atomic mass is 9.97. The Balaban J connectivity index is 1.53. The number of likely N-dealkylation sites (tertiary alicyclic amines) is 1. The number of amides is 1. The fourth-order valence-corrected chi connectivity index (χ4v) is 4.03. The summed E-state index contributed by atoms with van der Waals surface area (Å²) in [5.41, 5.74) is 3.44. The van der Waals surface area contributed by atoms with Gasteiger partial charge in [-0.05, 0) is 55.5 Å². The van der Waals surface area contributed by atoms with Crippen molar-refractivity contribution in [2.75, 3.05) is 38.0 Å². The van der Waals surface area contributed by atoms with E-state index in [0.717, 1.165) is 57.3 Å². The topological polar surface area (TPSA) is 55.8 Å². The second kappa shape index (κ2) is 8.30. The molecule has 1 amide bonds. The number of benzene rings is 1. The predicted octanol–water partition coefficient (Wildman–Crippen LogP) is 2.10. The number of β-amino-alcohol motifs (C(OH)–C–C–N with tert-alkyl or cyclic N) is 1. The van der Waals surface area contributed by atoms with Gasteiger partial charge in [-0.3, -0.25) is 9.69 Å². The molecule has 3 rings (SSSR count).